The number of rotatable bonds is 1. The van der Waals surface area contributed by atoms with Crippen molar-refractivity contribution in [2.45, 2.75) is 12.8 Å². The maximum absolute atomic E-state index is 13.6. The number of aryl methyl sites for hydroxylation is 2. The van der Waals surface area contributed by atoms with Gasteiger partial charge >= 0.3 is 0 Å². The maximum Gasteiger partial charge on any atom is 0.281 e. The summed E-state index contributed by atoms with van der Waals surface area (Å²) in [4.78, 5) is 39.7. The van der Waals surface area contributed by atoms with E-state index < -0.39 is 11.8 Å². The lowest BCUT2D eigenvalue weighted by Crippen LogP contribution is -2.51. The fourth-order valence-electron chi connectivity index (χ4n) is 3.93. The van der Waals surface area contributed by atoms with E-state index in [0.29, 0.717) is 28.8 Å². The van der Waals surface area contributed by atoms with E-state index >= 15 is 0 Å². The first-order valence-electron chi connectivity index (χ1n) is 9.15. The SMILES string of the molecule is O=C1c2ccccc2C(=O)N1N1C(=O)c2ccccc2CCc2ccccc21. The van der Waals surface area contributed by atoms with Gasteiger partial charge in [0.05, 0.1) is 16.8 Å². The van der Waals surface area contributed by atoms with Crippen LogP contribution in [0.4, 0.5) is 5.69 Å². The van der Waals surface area contributed by atoms with Crippen LogP contribution in [0.5, 0.6) is 0 Å². The number of hydrogen-bond acceptors (Lipinski definition) is 3. The molecule has 0 fully saturated rings. The molecule has 0 radical (unpaired) electrons. The van der Waals surface area contributed by atoms with Gasteiger partial charge in [-0.1, -0.05) is 48.5 Å². The molecule has 0 atom stereocenters. The van der Waals surface area contributed by atoms with E-state index in [0.717, 1.165) is 22.6 Å². The third kappa shape index (κ3) is 2.29. The summed E-state index contributed by atoms with van der Waals surface area (Å²) in [5, 5.41) is 2.23. The lowest BCUT2D eigenvalue weighted by atomic mass is 9.95. The third-order valence-electron chi connectivity index (χ3n) is 5.30. The summed E-state index contributed by atoms with van der Waals surface area (Å²) in [6, 6.07) is 21.4. The number of carbonyl (C=O) groups excluding carboxylic acids is 3. The minimum Gasteiger partial charge on any atom is -0.267 e. The molecule has 2 aliphatic rings. The number of benzene rings is 3. The van der Waals surface area contributed by atoms with Crippen LogP contribution in [0, 0.1) is 0 Å². The van der Waals surface area contributed by atoms with Gasteiger partial charge in [-0.25, -0.2) is 5.01 Å². The van der Waals surface area contributed by atoms with Gasteiger partial charge in [0.25, 0.3) is 17.7 Å². The zero-order chi connectivity index (χ0) is 19.3. The van der Waals surface area contributed by atoms with Gasteiger partial charge in [0.2, 0.25) is 0 Å². The first kappa shape index (κ1) is 16.4. The molecule has 0 bridgehead atoms. The highest BCUT2D eigenvalue weighted by atomic mass is 16.2. The molecular formula is C23H16N2O3. The second-order valence-corrected chi connectivity index (χ2v) is 6.87. The van der Waals surface area contributed by atoms with E-state index in [-0.39, 0.29) is 5.91 Å². The van der Waals surface area contributed by atoms with Gasteiger partial charge in [-0.2, -0.15) is 5.01 Å². The third-order valence-corrected chi connectivity index (χ3v) is 5.30. The highest BCUT2D eigenvalue weighted by molar-refractivity contribution is 6.25. The lowest BCUT2D eigenvalue weighted by Gasteiger charge is -2.33. The van der Waals surface area contributed by atoms with Crippen LogP contribution in [-0.2, 0) is 12.8 Å². The van der Waals surface area contributed by atoms with Crippen molar-refractivity contribution >= 4 is 23.4 Å². The number of hydrogen-bond donors (Lipinski definition) is 0. The van der Waals surface area contributed by atoms with E-state index in [4.69, 9.17) is 0 Å². The van der Waals surface area contributed by atoms with Crippen molar-refractivity contribution in [3.05, 3.63) is 101 Å². The summed E-state index contributed by atoms with van der Waals surface area (Å²) in [7, 11) is 0. The summed E-state index contributed by atoms with van der Waals surface area (Å²) < 4.78 is 0. The molecule has 28 heavy (non-hydrogen) atoms. The lowest BCUT2D eigenvalue weighted by molar-refractivity contribution is 0.0593. The van der Waals surface area contributed by atoms with Crippen molar-refractivity contribution in [2.75, 3.05) is 5.01 Å². The van der Waals surface area contributed by atoms with Gasteiger partial charge in [0.15, 0.2) is 0 Å². The first-order chi connectivity index (χ1) is 13.7. The molecule has 5 rings (SSSR count). The Balaban J connectivity index is 1.72. The van der Waals surface area contributed by atoms with E-state index in [2.05, 4.69) is 0 Å². The molecule has 0 aliphatic carbocycles. The highest BCUT2D eigenvalue weighted by Gasteiger charge is 2.43. The second kappa shape index (κ2) is 6.16. The van der Waals surface area contributed by atoms with Gasteiger partial charge in [-0.3, -0.25) is 14.4 Å². The molecule has 5 nitrogen and oxygen atoms in total. The predicted octanol–water partition coefficient (Wildman–Crippen LogP) is 3.64. The number of imide groups is 1. The molecule has 0 unspecified atom stereocenters. The fraction of sp³-hybridized carbons (Fsp3) is 0.0870. The molecule has 0 saturated carbocycles. The standard InChI is InChI=1S/C23H16N2O3/c26-21-17-9-3-1-7-15(17)13-14-16-8-2-6-12-20(16)24(21)25-22(27)18-10-4-5-11-19(18)23(25)28/h1-12H,13-14H2. The summed E-state index contributed by atoms with van der Waals surface area (Å²) in [5.74, 6) is -1.35. The van der Waals surface area contributed by atoms with Crippen LogP contribution in [0.3, 0.4) is 0 Å². The number of carbonyl (C=O) groups is 3. The van der Waals surface area contributed by atoms with Crippen LogP contribution in [0.15, 0.2) is 72.8 Å². The quantitative estimate of drug-likeness (QED) is 0.616. The van der Waals surface area contributed by atoms with Crippen LogP contribution >= 0.6 is 0 Å². The molecule has 3 aromatic rings. The molecule has 0 N–H and O–H groups in total. The fourth-order valence-corrected chi connectivity index (χ4v) is 3.93. The summed E-state index contributed by atoms with van der Waals surface area (Å²) in [6.45, 7) is 0. The largest absolute Gasteiger partial charge is 0.281 e. The van der Waals surface area contributed by atoms with E-state index in [1.807, 2.05) is 30.3 Å². The molecule has 136 valence electrons. The zero-order valence-electron chi connectivity index (χ0n) is 15.0. The minimum absolute atomic E-state index is 0.313. The van der Waals surface area contributed by atoms with Crippen molar-refractivity contribution < 1.29 is 14.4 Å². The molecule has 3 amide bonds. The molecule has 5 heteroatoms. The van der Waals surface area contributed by atoms with Gasteiger partial charge in [-0.15, -0.1) is 0 Å². The summed E-state index contributed by atoms with van der Waals surface area (Å²) in [5.41, 5.74) is 3.52. The van der Waals surface area contributed by atoms with Crippen molar-refractivity contribution in [1.29, 1.82) is 0 Å². The normalized spacial score (nSPS) is 15.6. The second-order valence-electron chi connectivity index (χ2n) is 6.87. The Kier molecular flexibility index (Phi) is 3.62. The van der Waals surface area contributed by atoms with Gasteiger partial charge in [0, 0.05) is 5.56 Å². The van der Waals surface area contributed by atoms with Crippen LogP contribution in [0.25, 0.3) is 0 Å². The molecule has 3 aromatic carbocycles. The molecule has 2 heterocycles. The smallest absolute Gasteiger partial charge is 0.267 e. The first-order valence-corrected chi connectivity index (χ1v) is 9.15. The van der Waals surface area contributed by atoms with E-state index in [1.165, 1.54) is 5.01 Å². The van der Waals surface area contributed by atoms with Crippen molar-refractivity contribution in [3.8, 4) is 0 Å². The zero-order valence-corrected chi connectivity index (χ0v) is 15.0. The Morgan fingerprint density at radius 1 is 0.500 bits per heavy atom. The molecular weight excluding hydrogens is 352 g/mol. The van der Waals surface area contributed by atoms with Crippen LogP contribution < -0.4 is 5.01 Å². The number of fused-ring (bicyclic) bond motifs is 3. The minimum atomic E-state index is -0.484. The number of anilines is 1. The maximum atomic E-state index is 13.6. The van der Waals surface area contributed by atoms with Crippen LogP contribution in [0.2, 0.25) is 0 Å². The van der Waals surface area contributed by atoms with E-state index in [9.17, 15) is 14.4 Å². The van der Waals surface area contributed by atoms with Gasteiger partial charge < -0.3 is 0 Å². The Hall–Kier alpha value is -3.73. The molecule has 0 saturated heterocycles. The summed E-state index contributed by atoms with van der Waals surface area (Å²) >= 11 is 0. The average molecular weight is 368 g/mol. The van der Waals surface area contributed by atoms with Crippen molar-refractivity contribution in [3.63, 3.8) is 0 Å². The number of hydrazine groups is 1. The Morgan fingerprint density at radius 2 is 0.964 bits per heavy atom. The average Bonchev–Trinajstić information content (AvgIpc) is 2.98. The molecule has 0 aromatic heterocycles. The summed E-state index contributed by atoms with van der Waals surface area (Å²) in [6.07, 6.45) is 1.43. The molecule has 2 aliphatic heterocycles. The predicted molar refractivity (Wildman–Crippen MR) is 104 cm³/mol. The monoisotopic (exact) mass is 368 g/mol. The van der Waals surface area contributed by atoms with Crippen molar-refractivity contribution in [2.24, 2.45) is 0 Å². The van der Waals surface area contributed by atoms with Crippen molar-refractivity contribution in [1.82, 2.24) is 5.01 Å². The number of para-hydroxylation sites is 1. The Morgan fingerprint density at radius 3 is 1.64 bits per heavy atom. The topological polar surface area (TPSA) is 57.7 Å². The van der Waals surface area contributed by atoms with Crippen LogP contribution in [-0.4, -0.2) is 22.7 Å². The van der Waals surface area contributed by atoms with Gasteiger partial charge in [0.1, 0.15) is 0 Å². The van der Waals surface area contributed by atoms with Crippen LogP contribution in [0.1, 0.15) is 42.2 Å². The van der Waals surface area contributed by atoms with E-state index in [1.54, 1.807) is 42.5 Å². The Bertz CT molecular complexity index is 1120. The number of amides is 3. The molecule has 0 spiro atoms. The Labute approximate surface area is 161 Å². The van der Waals surface area contributed by atoms with Gasteiger partial charge in [-0.05, 0) is 48.2 Å². The highest BCUT2D eigenvalue weighted by Crippen LogP contribution is 2.33. The number of nitrogens with zero attached hydrogens (tertiary/aromatic N) is 2.